The number of hydrogen-bond donors (Lipinski definition) is 1. The van der Waals surface area contributed by atoms with Crippen LogP contribution in [0.15, 0.2) is 48.5 Å². The molecule has 1 saturated heterocycles. The van der Waals surface area contributed by atoms with Crippen LogP contribution in [0.3, 0.4) is 0 Å². The molecule has 2 aromatic rings. The van der Waals surface area contributed by atoms with Crippen molar-refractivity contribution in [2.45, 2.75) is 50.2 Å². The highest BCUT2D eigenvalue weighted by molar-refractivity contribution is 5.79. The number of aliphatic hydroxyl groups is 1. The van der Waals surface area contributed by atoms with Gasteiger partial charge in [-0.15, -0.1) is 0 Å². The zero-order chi connectivity index (χ0) is 21.1. The number of likely N-dealkylation sites (tertiary alicyclic amines) is 1. The van der Waals surface area contributed by atoms with Gasteiger partial charge in [0.15, 0.2) is 11.5 Å². The van der Waals surface area contributed by atoms with Gasteiger partial charge in [-0.1, -0.05) is 49.2 Å². The van der Waals surface area contributed by atoms with Gasteiger partial charge in [0.25, 0.3) is 0 Å². The van der Waals surface area contributed by atoms with E-state index in [1.165, 1.54) is 0 Å². The van der Waals surface area contributed by atoms with E-state index in [4.69, 9.17) is 9.47 Å². The summed E-state index contributed by atoms with van der Waals surface area (Å²) in [6, 6.07) is 15.6. The summed E-state index contributed by atoms with van der Waals surface area (Å²) in [5.41, 5.74) is 1.30. The Morgan fingerprint density at radius 3 is 2.57 bits per heavy atom. The minimum atomic E-state index is -0.709. The second-order valence-electron chi connectivity index (χ2n) is 8.51. The van der Waals surface area contributed by atoms with Gasteiger partial charge in [0.1, 0.15) is 0 Å². The molecule has 0 unspecified atom stereocenters. The SMILES string of the molecule is COc1ccc([C@H]2[C@H]3CCCC[C@]3(O)CCN2C(=O)Cc2ccccc2)cc1OC. The molecule has 4 rings (SSSR count). The summed E-state index contributed by atoms with van der Waals surface area (Å²) >= 11 is 0. The lowest BCUT2D eigenvalue weighted by atomic mass is 9.66. The van der Waals surface area contributed by atoms with Crippen LogP contribution in [-0.2, 0) is 11.2 Å². The smallest absolute Gasteiger partial charge is 0.227 e. The number of carbonyl (C=O) groups excluding carboxylic acids is 1. The van der Waals surface area contributed by atoms with Crippen molar-refractivity contribution < 1.29 is 19.4 Å². The van der Waals surface area contributed by atoms with E-state index >= 15 is 0 Å². The van der Waals surface area contributed by atoms with Crippen molar-refractivity contribution >= 4 is 5.91 Å². The molecule has 1 aliphatic carbocycles. The molecule has 0 aromatic heterocycles. The first kappa shape index (κ1) is 20.7. The first-order valence-corrected chi connectivity index (χ1v) is 10.8. The van der Waals surface area contributed by atoms with Crippen LogP contribution in [0.2, 0.25) is 0 Å². The Labute approximate surface area is 178 Å². The molecule has 1 saturated carbocycles. The summed E-state index contributed by atoms with van der Waals surface area (Å²) in [4.78, 5) is 15.4. The Morgan fingerprint density at radius 2 is 1.83 bits per heavy atom. The Balaban J connectivity index is 1.70. The van der Waals surface area contributed by atoms with Crippen LogP contribution in [-0.4, -0.2) is 42.3 Å². The van der Waals surface area contributed by atoms with Crippen LogP contribution in [0.1, 0.15) is 49.3 Å². The number of benzene rings is 2. The minimum Gasteiger partial charge on any atom is -0.493 e. The average molecular weight is 410 g/mol. The number of amides is 1. The first-order valence-electron chi connectivity index (χ1n) is 10.8. The third-order valence-corrected chi connectivity index (χ3v) is 6.84. The fraction of sp³-hybridized carbons (Fsp3) is 0.480. The number of fused-ring (bicyclic) bond motifs is 1. The number of methoxy groups -OCH3 is 2. The van der Waals surface area contributed by atoms with Gasteiger partial charge in [0, 0.05) is 12.5 Å². The van der Waals surface area contributed by atoms with Gasteiger partial charge in [-0.3, -0.25) is 4.79 Å². The summed E-state index contributed by atoms with van der Waals surface area (Å²) in [7, 11) is 3.24. The molecule has 0 bridgehead atoms. The second kappa shape index (κ2) is 8.68. The molecule has 30 heavy (non-hydrogen) atoms. The maximum atomic E-state index is 13.4. The Hall–Kier alpha value is -2.53. The molecule has 2 aliphatic rings. The molecular weight excluding hydrogens is 378 g/mol. The third kappa shape index (κ3) is 3.91. The van der Waals surface area contributed by atoms with Crippen molar-refractivity contribution in [3.8, 4) is 11.5 Å². The van der Waals surface area contributed by atoms with Crippen LogP contribution in [0, 0.1) is 5.92 Å². The molecule has 1 heterocycles. The summed E-state index contributed by atoms with van der Waals surface area (Å²) in [5.74, 6) is 1.44. The van der Waals surface area contributed by atoms with Crippen LogP contribution in [0.25, 0.3) is 0 Å². The highest BCUT2D eigenvalue weighted by Crippen LogP contribution is 2.50. The first-order chi connectivity index (χ1) is 14.6. The average Bonchev–Trinajstić information content (AvgIpc) is 2.78. The zero-order valence-corrected chi connectivity index (χ0v) is 17.8. The van der Waals surface area contributed by atoms with Gasteiger partial charge in [-0.2, -0.15) is 0 Å². The number of nitrogens with zero attached hydrogens (tertiary/aromatic N) is 1. The van der Waals surface area contributed by atoms with E-state index < -0.39 is 5.60 Å². The molecule has 3 atom stereocenters. The van der Waals surface area contributed by atoms with Crippen LogP contribution in [0.5, 0.6) is 11.5 Å². The van der Waals surface area contributed by atoms with Crippen molar-refractivity contribution in [2.75, 3.05) is 20.8 Å². The Bertz CT molecular complexity index is 884. The van der Waals surface area contributed by atoms with E-state index in [0.29, 0.717) is 30.9 Å². The molecule has 2 aromatic carbocycles. The molecular formula is C25H31NO4. The highest BCUT2D eigenvalue weighted by atomic mass is 16.5. The third-order valence-electron chi connectivity index (χ3n) is 6.84. The topological polar surface area (TPSA) is 59.0 Å². The molecule has 1 N–H and O–H groups in total. The zero-order valence-electron chi connectivity index (χ0n) is 17.8. The summed E-state index contributed by atoms with van der Waals surface area (Å²) < 4.78 is 10.9. The Morgan fingerprint density at radius 1 is 1.07 bits per heavy atom. The maximum Gasteiger partial charge on any atom is 0.227 e. The normalized spacial score (nSPS) is 26.0. The molecule has 1 amide bonds. The standard InChI is InChI=1S/C25H31NO4/c1-29-21-12-11-19(17-22(21)30-2)24-20-10-6-7-13-25(20,28)14-15-26(24)23(27)16-18-8-4-3-5-9-18/h3-5,8-9,11-12,17,20,24,28H,6-7,10,13-16H2,1-2H3/t20-,24+,25+/m1/s1. The number of carbonyl (C=O) groups is 1. The van der Waals surface area contributed by atoms with Gasteiger partial charge in [0.2, 0.25) is 5.91 Å². The lowest BCUT2D eigenvalue weighted by molar-refractivity contribution is -0.154. The fourth-order valence-corrected chi connectivity index (χ4v) is 5.28. The fourth-order valence-electron chi connectivity index (χ4n) is 5.28. The lowest BCUT2D eigenvalue weighted by Gasteiger charge is -2.52. The van der Waals surface area contributed by atoms with Crippen molar-refractivity contribution in [2.24, 2.45) is 5.92 Å². The quantitative estimate of drug-likeness (QED) is 0.806. The number of rotatable bonds is 5. The van der Waals surface area contributed by atoms with E-state index in [0.717, 1.165) is 36.8 Å². The monoisotopic (exact) mass is 409 g/mol. The maximum absolute atomic E-state index is 13.4. The van der Waals surface area contributed by atoms with Crippen molar-refractivity contribution in [1.29, 1.82) is 0 Å². The van der Waals surface area contributed by atoms with Gasteiger partial charge >= 0.3 is 0 Å². The van der Waals surface area contributed by atoms with Crippen LogP contribution < -0.4 is 9.47 Å². The molecule has 5 nitrogen and oxygen atoms in total. The van der Waals surface area contributed by atoms with Gasteiger partial charge in [0.05, 0.1) is 32.3 Å². The number of ether oxygens (including phenoxy) is 2. The summed E-state index contributed by atoms with van der Waals surface area (Å²) in [6.07, 6.45) is 4.87. The predicted molar refractivity (Wildman–Crippen MR) is 116 cm³/mol. The van der Waals surface area contributed by atoms with Crippen molar-refractivity contribution in [3.63, 3.8) is 0 Å². The molecule has 0 spiro atoms. The van der Waals surface area contributed by atoms with Crippen LogP contribution >= 0.6 is 0 Å². The highest BCUT2D eigenvalue weighted by Gasteiger charge is 2.50. The Kier molecular flexibility index (Phi) is 6.00. The molecule has 5 heteroatoms. The van der Waals surface area contributed by atoms with Gasteiger partial charge < -0.3 is 19.5 Å². The number of hydrogen-bond acceptors (Lipinski definition) is 4. The van der Waals surface area contributed by atoms with Crippen molar-refractivity contribution in [3.05, 3.63) is 59.7 Å². The second-order valence-corrected chi connectivity index (χ2v) is 8.51. The molecule has 0 radical (unpaired) electrons. The number of piperidine rings is 1. The van der Waals surface area contributed by atoms with Crippen molar-refractivity contribution in [1.82, 2.24) is 4.90 Å². The van der Waals surface area contributed by atoms with Gasteiger partial charge in [-0.25, -0.2) is 0 Å². The van der Waals surface area contributed by atoms with Crippen LogP contribution in [0.4, 0.5) is 0 Å². The lowest BCUT2D eigenvalue weighted by Crippen LogP contribution is -2.56. The minimum absolute atomic E-state index is 0.0258. The van der Waals surface area contributed by atoms with E-state index in [9.17, 15) is 9.90 Å². The van der Waals surface area contributed by atoms with Gasteiger partial charge in [-0.05, 0) is 42.5 Å². The summed E-state index contributed by atoms with van der Waals surface area (Å²) in [5, 5.41) is 11.4. The summed E-state index contributed by atoms with van der Waals surface area (Å²) in [6.45, 7) is 0.567. The van der Waals surface area contributed by atoms with E-state index in [2.05, 4.69) is 0 Å². The van der Waals surface area contributed by atoms with E-state index in [-0.39, 0.29) is 17.9 Å². The van der Waals surface area contributed by atoms with E-state index in [1.807, 2.05) is 53.4 Å². The predicted octanol–water partition coefficient (Wildman–Crippen LogP) is 4.14. The molecule has 2 fully saturated rings. The van der Waals surface area contributed by atoms with E-state index in [1.54, 1.807) is 14.2 Å². The largest absolute Gasteiger partial charge is 0.493 e. The molecule has 160 valence electrons. The molecule has 1 aliphatic heterocycles.